The van der Waals surface area contributed by atoms with Crippen molar-refractivity contribution in [2.24, 2.45) is 0 Å². The fourth-order valence-corrected chi connectivity index (χ4v) is 2.26. The summed E-state index contributed by atoms with van der Waals surface area (Å²) in [6.07, 6.45) is 1.12. The Morgan fingerprint density at radius 1 is 0.824 bits per heavy atom. The van der Waals surface area contributed by atoms with Gasteiger partial charge in [0.15, 0.2) is 0 Å². The fraction of sp³-hybridized carbons (Fsp3) is 0.133. The highest BCUT2D eigenvalue weighted by Crippen LogP contribution is 2.14. The lowest BCUT2D eigenvalue weighted by Gasteiger charge is -2.11. The van der Waals surface area contributed by atoms with Gasteiger partial charge in [0.2, 0.25) is 5.71 Å². The molecule has 3 rings (SSSR count). The summed E-state index contributed by atoms with van der Waals surface area (Å²) < 4.78 is 0. The van der Waals surface area contributed by atoms with E-state index >= 15 is 0 Å². The van der Waals surface area contributed by atoms with Gasteiger partial charge in [0.1, 0.15) is 6.54 Å². The van der Waals surface area contributed by atoms with E-state index in [1.165, 1.54) is 22.4 Å². The van der Waals surface area contributed by atoms with Crippen molar-refractivity contribution in [3.63, 3.8) is 0 Å². The molecule has 0 bridgehead atoms. The van der Waals surface area contributed by atoms with Crippen molar-refractivity contribution < 1.29 is 17.4 Å². The van der Waals surface area contributed by atoms with Crippen molar-refractivity contribution >= 4 is 5.71 Å². The number of hydrogen-bond donors (Lipinski definition) is 1. The highest BCUT2D eigenvalue weighted by molar-refractivity contribution is 6.10. The fourth-order valence-electron chi connectivity index (χ4n) is 2.26. The smallest absolute Gasteiger partial charge is 0.213 e. The van der Waals surface area contributed by atoms with Crippen LogP contribution in [0.4, 0.5) is 0 Å². The van der Waals surface area contributed by atoms with E-state index in [-0.39, 0.29) is 12.4 Å². The Morgan fingerprint density at radius 2 is 1.53 bits per heavy atom. The van der Waals surface area contributed by atoms with Gasteiger partial charge in [-0.1, -0.05) is 36.4 Å². The Balaban J connectivity index is 0.00000108. The third-order valence-corrected chi connectivity index (χ3v) is 3.05. The molecule has 2 aromatic rings. The van der Waals surface area contributed by atoms with E-state index in [9.17, 15) is 0 Å². The van der Waals surface area contributed by atoms with Gasteiger partial charge in [0.25, 0.3) is 0 Å². The van der Waals surface area contributed by atoms with Gasteiger partial charge in [-0.25, -0.2) is 4.99 Å². The van der Waals surface area contributed by atoms with Crippen LogP contribution in [0.2, 0.25) is 0 Å². The van der Waals surface area contributed by atoms with E-state index in [1.54, 1.807) is 0 Å². The second kappa shape index (κ2) is 5.15. The topological polar surface area (TPSA) is 14.0 Å². The molecule has 17 heavy (non-hydrogen) atoms. The van der Waals surface area contributed by atoms with Gasteiger partial charge in [-0.05, 0) is 23.8 Å². The molecule has 86 valence electrons. The Bertz CT molecular complexity index is 532. The van der Waals surface area contributed by atoms with Gasteiger partial charge >= 0.3 is 0 Å². The Hall–Kier alpha value is -1.60. The quantitative estimate of drug-likeness (QED) is 0.606. The molecule has 0 fully saturated rings. The number of nitrogens with one attached hydrogen (secondary N) is 1. The summed E-state index contributed by atoms with van der Waals surface area (Å²) >= 11 is 0. The molecule has 1 nitrogen and oxygen atoms in total. The molecule has 0 aliphatic carbocycles. The molecule has 2 aromatic carbocycles. The zero-order valence-corrected chi connectivity index (χ0v) is 10.2. The first-order chi connectivity index (χ1) is 7.95. The van der Waals surface area contributed by atoms with Crippen LogP contribution in [-0.2, 0) is 6.42 Å². The third-order valence-electron chi connectivity index (χ3n) is 3.05. The molecular weight excluding hydrogens is 230 g/mol. The second-order valence-electron chi connectivity index (χ2n) is 4.07. The number of halogens is 1. The van der Waals surface area contributed by atoms with Crippen LogP contribution in [0, 0.1) is 0 Å². The summed E-state index contributed by atoms with van der Waals surface area (Å²) in [5.74, 6) is 0. The molecule has 0 amide bonds. The maximum absolute atomic E-state index is 3.51. The molecule has 1 aliphatic heterocycles. The van der Waals surface area contributed by atoms with Crippen molar-refractivity contribution in [1.29, 1.82) is 0 Å². The average molecular weight is 244 g/mol. The van der Waals surface area contributed by atoms with Crippen LogP contribution >= 0.6 is 0 Å². The van der Waals surface area contributed by atoms with Gasteiger partial charge in [0, 0.05) is 17.5 Å². The van der Waals surface area contributed by atoms with Crippen LogP contribution in [0.15, 0.2) is 54.6 Å². The summed E-state index contributed by atoms with van der Waals surface area (Å²) in [5, 5.41) is 0. The van der Waals surface area contributed by atoms with Gasteiger partial charge in [-0.3, -0.25) is 0 Å². The minimum absolute atomic E-state index is 0. The summed E-state index contributed by atoms with van der Waals surface area (Å²) in [7, 11) is 0. The molecule has 0 spiro atoms. The van der Waals surface area contributed by atoms with Crippen LogP contribution in [0.1, 0.15) is 16.7 Å². The minimum atomic E-state index is 0. The maximum atomic E-state index is 3.51. The Kier molecular flexibility index (Phi) is 3.60. The van der Waals surface area contributed by atoms with Crippen LogP contribution < -0.4 is 17.4 Å². The van der Waals surface area contributed by atoms with Crippen LogP contribution in [0.5, 0.6) is 0 Å². The van der Waals surface area contributed by atoms with Crippen molar-refractivity contribution in [3.05, 3.63) is 71.3 Å². The largest absolute Gasteiger partial charge is 1.00 e. The van der Waals surface area contributed by atoms with E-state index < -0.39 is 0 Å². The minimum Gasteiger partial charge on any atom is -1.00 e. The lowest BCUT2D eigenvalue weighted by molar-refractivity contribution is -0.457. The predicted molar refractivity (Wildman–Crippen MR) is 65.6 cm³/mol. The zero-order valence-electron chi connectivity index (χ0n) is 9.49. The molecule has 0 radical (unpaired) electrons. The first-order valence-corrected chi connectivity index (χ1v) is 5.70. The van der Waals surface area contributed by atoms with Crippen molar-refractivity contribution in [3.8, 4) is 0 Å². The summed E-state index contributed by atoms with van der Waals surface area (Å²) in [6.45, 7) is 1.03. The van der Waals surface area contributed by atoms with E-state index in [0.717, 1.165) is 13.0 Å². The number of hydrogen-bond acceptors (Lipinski definition) is 0. The molecule has 0 saturated heterocycles. The average Bonchev–Trinajstić information content (AvgIpc) is 2.39. The zero-order chi connectivity index (χ0) is 10.8. The van der Waals surface area contributed by atoms with Crippen LogP contribution in [-0.4, -0.2) is 12.3 Å². The monoisotopic (exact) mass is 243 g/mol. The standard InChI is InChI=1S/C15H13N.ClH/c1-2-7-13(8-3-1)15-14-9-5-4-6-12(14)10-11-16-15;/h1-9H,10-11H2;1H. The van der Waals surface area contributed by atoms with Crippen LogP contribution in [0.3, 0.4) is 0 Å². The lowest BCUT2D eigenvalue weighted by atomic mass is 9.93. The summed E-state index contributed by atoms with van der Waals surface area (Å²) in [4.78, 5) is 3.51. The third kappa shape index (κ3) is 2.25. The number of benzene rings is 2. The lowest BCUT2D eigenvalue weighted by Crippen LogP contribution is -3.00. The molecule has 1 N–H and O–H groups in total. The van der Waals surface area contributed by atoms with E-state index in [4.69, 9.17) is 0 Å². The Labute approximate surface area is 108 Å². The Morgan fingerprint density at radius 3 is 2.35 bits per heavy atom. The van der Waals surface area contributed by atoms with Gasteiger partial charge in [-0.15, -0.1) is 0 Å². The summed E-state index contributed by atoms with van der Waals surface area (Å²) in [5.41, 5.74) is 5.33. The van der Waals surface area contributed by atoms with E-state index in [2.05, 4.69) is 59.6 Å². The highest BCUT2D eigenvalue weighted by atomic mass is 35.5. The molecule has 0 saturated carbocycles. The van der Waals surface area contributed by atoms with Gasteiger partial charge in [-0.2, -0.15) is 0 Å². The van der Waals surface area contributed by atoms with E-state index in [1.807, 2.05) is 0 Å². The molecule has 2 heteroatoms. The predicted octanol–water partition coefficient (Wildman–Crippen LogP) is -1.84. The van der Waals surface area contributed by atoms with Crippen molar-refractivity contribution in [1.82, 2.24) is 0 Å². The summed E-state index contributed by atoms with van der Waals surface area (Å²) in [6, 6.07) is 19.2. The molecule has 0 atom stereocenters. The van der Waals surface area contributed by atoms with Crippen molar-refractivity contribution in [2.75, 3.05) is 6.54 Å². The number of fused-ring (bicyclic) bond motifs is 1. The normalized spacial score (nSPS) is 13.3. The van der Waals surface area contributed by atoms with Gasteiger partial charge in [0.05, 0.1) is 0 Å². The SMILES string of the molecule is [Cl-].c1ccc(C2=[NH+]CCc3ccccc32)cc1. The molecule has 0 unspecified atom stereocenters. The van der Waals surface area contributed by atoms with Crippen molar-refractivity contribution in [2.45, 2.75) is 6.42 Å². The molecular formula is C15H14ClN. The highest BCUT2D eigenvalue weighted by Gasteiger charge is 2.19. The number of rotatable bonds is 1. The van der Waals surface area contributed by atoms with Gasteiger partial charge < -0.3 is 12.4 Å². The first kappa shape index (κ1) is 11.9. The second-order valence-corrected chi connectivity index (χ2v) is 4.07. The maximum Gasteiger partial charge on any atom is 0.213 e. The molecule has 1 aliphatic rings. The van der Waals surface area contributed by atoms with E-state index in [0.29, 0.717) is 0 Å². The van der Waals surface area contributed by atoms with Crippen LogP contribution in [0.25, 0.3) is 0 Å². The first-order valence-electron chi connectivity index (χ1n) is 5.70. The molecule has 0 aromatic heterocycles. The molecule has 1 heterocycles.